The standard InChI is InChI=1S/C15H14BrN3S/c1-8-6-11(16)7-9(2)13(8)19-14-12(18-15(19)20)5-4-10(3)17-14/h4-7H,1-3H3,(H,18,20). The van der Waals surface area contributed by atoms with Crippen molar-refractivity contribution in [2.75, 3.05) is 0 Å². The van der Waals surface area contributed by atoms with Gasteiger partial charge in [-0.15, -0.1) is 0 Å². The Hall–Kier alpha value is -1.46. The highest BCUT2D eigenvalue weighted by atomic mass is 79.9. The summed E-state index contributed by atoms with van der Waals surface area (Å²) in [6, 6.07) is 8.20. The molecule has 0 aliphatic rings. The molecule has 2 aromatic heterocycles. The molecule has 0 aliphatic carbocycles. The molecule has 0 atom stereocenters. The summed E-state index contributed by atoms with van der Waals surface area (Å²) in [5.74, 6) is 0. The van der Waals surface area contributed by atoms with Crippen LogP contribution in [0.15, 0.2) is 28.7 Å². The number of rotatable bonds is 1. The number of aromatic nitrogens is 3. The van der Waals surface area contributed by atoms with Gasteiger partial charge in [-0.25, -0.2) is 4.98 Å². The average molecular weight is 348 g/mol. The average Bonchev–Trinajstić information content (AvgIpc) is 2.65. The van der Waals surface area contributed by atoms with Crippen molar-refractivity contribution in [3.05, 3.63) is 50.3 Å². The van der Waals surface area contributed by atoms with E-state index in [9.17, 15) is 0 Å². The van der Waals surface area contributed by atoms with Crippen LogP contribution in [0, 0.1) is 25.5 Å². The summed E-state index contributed by atoms with van der Waals surface area (Å²) in [6.45, 7) is 6.16. The summed E-state index contributed by atoms with van der Waals surface area (Å²) < 4.78 is 3.77. The third-order valence-corrected chi connectivity index (χ3v) is 4.09. The zero-order valence-corrected chi connectivity index (χ0v) is 13.9. The van der Waals surface area contributed by atoms with Crippen molar-refractivity contribution < 1.29 is 0 Å². The number of H-pyrrole nitrogens is 1. The Kier molecular flexibility index (Phi) is 3.26. The van der Waals surface area contributed by atoms with Crippen LogP contribution in [0.2, 0.25) is 0 Å². The minimum absolute atomic E-state index is 0.673. The van der Waals surface area contributed by atoms with Crippen LogP contribution in [0.4, 0.5) is 0 Å². The van der Waals surface area contributed by atoms with Gasteiger partial charge in [0.25, 0.3) is 0 Å². The molecule has 0 aliphatic heterocycles. The molecule has 3 aromatic rings. The van der Waals surface area contributed by atoms with E-state index in [4.69, 9.17) is 12.2 Å². The molecule has 0 amide bonds. The number of pyridine rings is 1. The molecule has 5 heteroatoms. The minimum Gasteiger partial charge on any atom is -0.329 e. The lowest BCUT2D eigenvalue weighted by Crippen LogP contribution is -2.02. The van der Waals surface area contributed by atoms with Crippen LogP contribution in [0.1, 0.15) is 16.8 Å². The Labute approximate surface area is 130 Å². The maximum Gasteiger partial charge on any atom is 0.184 e. The fourth-order valence-corrected chi connectivity index (χ4v) is 3.52. The summed E-state index contributed by atoms with van der Waals surface area (Å²) in [7, 11) is 0. The van der Waals surface area contributed by atoms with Gasteiger partial charge in [-0.05, 0) is 68.4 Å². The molecule has 0 saturated heterocycles. The first-order chi connectivity index (χ1) is 9.47. The first kappa shape index (κ1) is 13.5. The van der Waals surface area contributed by atoms with Gasteiger partial charge in [0.05, 0.1) is 11.2 Å². The molecule has 0 bridgehead atoms. The first-order valence-corrected chi connectivity index (χ1v) is 7.53. The van der Waals surface area contributed by atoms with Gasteiger partial charge in [0.1, 0.15) is 0 Å². The largest absolute Gasteiger partial charge is 0.329 e. The summed E-state index contributed by atoms with van der Waals surface area (Å²) in [6.07, 6.45) is 0. The number of benzene rings is 1. The highest BCUT2D eigenvalue weighted by molar-refractivity contribution is 9.10. The van der Waals surface area contributed by atoms with Crippen LogP contribution in [0.25, 0.3) is 16.9 Å². The van der Waals surface area contributed by atoms with Crippen molar-refractivity contribution in [1.82, 2.24) is 14.5 Å². The molecule has 0 saturated carbocycles. The van der Waals surface area contributed by atoms with Gasteiger partial charge in [0.2, 0.25) is 0 Å². The van der Waals surface area contributed by atoms with E-state index in [1.54, 1.807) is 0 Å². The van der Waals surface area contributed by atoms with Gasteiger partial charge < -0.3 is 4.98 Å². The molecule has 3 nitrogen and oxygen atoms in total. The van der Waals surface area contributed by atoms with Crippen molar-refractivity contribution in [2.45, 2.75) is 20.8 Å². The van der Waals surface area contributed by atoms with E-state index in [2.05, 4.69) is 51.9 Å². The fourth-order valence-electron chi connectivity index (χ4n) is 2.54. The van der Waals surface area contributed by atoms with Crippen LogP contribution in [-0.4, -0.2) is 14.5 Å². The molecular formula is C15H14BrN3S. The number of aryl methyl sites for hydroxylation is 3. The van der Waals surface area contributed by atoms with E-state index in [0.29, 0.717) is 4.77 Å². The number of nitrogens with one attached hydrogen (secondary N) is 1. The summed E-state index contributed by atoms with van der Waals surface area (Å²) in [4.78, 5) is 7.86. The van der Waals surface area contributed by atoms with E-state index in [0.717, 1.165) is 38.1 Å². The Balaban J connectivity index is 2.44. The Morgan fingerprint density at radius 1 is 1.15 bits per heavy atom. The molecule has 0 fully saturated rings. The fraction of sp³-hybridized carbons (Fsp3) is 0.200. The highest BCUT2D eigenvalue weighted by Gasteiger charge is 2.13. The van der Waals surface area contributed by atoms with Crippen molar-refractivity contribution in [1.29, 1.82) is 0 Å². The molecule has 1 aromatic carbocycles. The second-order valence-electron chi connectivity index (χ2n) is 4.98. The van der Waals surface area contributed by atoms with Crippen LogP contribution >= 0.6 is 28.1 Å². The molecule has 3 rings (SSSR count). The molecule has 2 heterocycles. The van der Waals surface area contributed by atoms with Gasteiger partial charge in [0.15, 0.2) is 10.4 Å². The predicted octanol–water partition coefficient (Wildman–Crippen LogP) is 4.77. The van der Waals surface area contributed by atoms with Gasteiger partial charge in [0, 0.05) is 10.2 Å². The molecule has 20 heavy (non-hydrogen) atoms. The molecule has 0 unspecified atom stereocenters. The normalized spacial score (nSPS) is 11.2. The number of hydrogen-bond acceptors (Lipinski definition) is 2. The zero-order valence-electron chi connectivity index (χ0n) is 11.5. The lowest BCUT2D eigenvalue weighted by molar-refractivity contribution is 1.01. The van der Waals surface area contributed by atoms with E-state index in [1.807, 2.05) is 23.6 Å². The Bertz CT molecular complexity index is 853. The van der Waals surface area contributed by atoms with Crippen LogP contribution in [-0.2, 0) is 0 Å². The molecule has 0 spiro atoms. The third kappa shape index (κ3) is 2.11. The van der Waals surface area contributed by atoms with E-state index >= 15 is 0 Å². The van der Waals surface area contributed by atoms with Gasteiger partial charge in [-0.1, -0.05) is 15.9 Å². The van der Waals surface area contributed by atoms with Crippen LogP contribution in [0.3, 0.4) is 0 Å². The van der Waals surface area contributed by atoms with Crippen LogP contribution in [0.5, 0.6) is 0 Å². The van der Waals surface area contributed by atoms with Gasteiger partial charge in [-0.3, -0.25) is 4.57 Å². The molecule has 102 valence electrons. The van der Waals surface area contributed by atoms with Gasteiger partial charge >= 0.3 is 0 Å². The van der Waals surface area contributed by atoms with Crippen molar-refractivity contribution in [2.24, 2.45) is 0 Å². The van der Waals surface area contributed by atoms with E-state index in [1.165, 1.54) is 0 Å². The quantitative estimate of drug-likeness (QED) is 0.643. The maximum atomic E-state index is 5.49. The SMILES string of the molecule is Cc1ccc2[nH]c(=S)n(-c3c(C)cc(Br)cc3C)c2n1. The minimum atomic E-state index is 0.673. The third-order valence-electron chi connectivity index (χ3n) is 3.35. The van der Waals surface area contributed by atoms with Crippen molar-refractivity contribution >= 4 is 39.3 Å². The second kappa shape index (κ2) is 4.82. The highest BCUT2D eigenvalue weighted by Crippen LogP contribution is 2.27. The number of nitrogens with zero attached hydrogens (tertiary/aromatic N) is 2. The van der Waals surface area contributed by atoms with E-state index in [-0.39, 0.29) is 0 Å². The lowest BCUT2D eigenvalue weighted by atomic mass is 10.1. The number of hydrogen-bond donors (Lipinski definition) is 1. The maximum absolute atomic E-state index is 5.49. The van der Waals surface area contributed by atoms with Crippen molar-refractivity contribution in [3.8, 4) is 5.69 Å². The molecule has 1 N–H and O–H groups in total. The predicted molar refractivity (Wildman–Crippen MR) is 88.2 cm³/mol. The van der Waals surface area contributed by atoms with Gasteiger partial charge in [-0.2, -0.15) is 0 Å². The monoisotopic (exact) mass is 347 g/mol. The first-order valence-electron chi connectivity index (χ1n) is 6.33. The summed E-state index contributed by atoms with van der Waals surface area (Å²) in [5, 5.41) is 0. The molecular weight excluding hydrogens is 334 g/mol. The van der Waals surface area contributed by atoms with E-state index < -0.39 is 0 Å². The number of fused-ring (bicyclic) bond motifs is 1. The number of aromatic amines is 1. The smallest absolute Gasteiger partial charge is 0.184 e. The van der Waals surface area contributed by atoms with Crippen molar-refractivity contribution in [3.63, 3.8) is 0 Å². The van der Waals surface area contributed by atoms with Crippen LogP contribution < -0.4 is 0 Å². The topological polar surface area (TPSA) is 33.6 Å². The Morgan fingerprint density at radius 2 is 1.80 bits per heavy atom. The zero-order chi connectivity index (χ0) is 14.4. The lowest BCUT2D eigenvalue weighted by Gasteiger charge is -2.12. The number of halogens is 1. The number of imidazole rings is 1. The summed E-state index contributed by atoms with van der Waals surface area (Å²) >= 11 is 9.02. The molecule has 0 radical (unpaired) electrons. The Morgan fingerprint density at radius 3 is 2.45 bits per heavy atom. The summed E-state index contributed by atoms with van der Waals surface area (Å²) in [5.41, 5.74) is 6.25. The second-order valence-corrected chi connectivity index (χ2v) is 6.28.